The topological polar surface area (TPSA) is 85.1 Å². The minimum Gasteiger partial charge on any atom is -0.396 e. The summed E-state index contributed by atoms with van der Waals surface area (Å²) in [5, 5.41) is 13.2. The molecular formula is C18H21N5O2. The third-order valence-corrected chi connectivity index (χ3v) is 4.89. The molecule has 3 aromatic rings. The molecular weight excluding hydrogens is 318 g/mol. The van der Waals surface area contributed by atoms with Crippen LogP contribution in [0.4, 0.5) is 5.82 Å². The van der Waals surface area contributed by atoms with E-state index in [0.29, 0.717) is 25.6 Å². The third-order valence-electron chi connectivity index (χ3n) is 4.89. The molecule has 1 saturated heterocycles. The molecule has 25 heavy (non-hydrogen) atoms. The largest absolute Gasteiger partial charge is 0.396 e. The Hall–Kier alpha value is -2.51. The maximum absolute atomic E-state index is 9.84. The van der Waals surface area contributed by atoms with Crippen LogP contribution in [0.2, 0.25) is 0 Å². The molecule has 7 nitrogen and oxygen atoms in total. The van der Waals surface area contributed by atoms with Gasteiger partial charge < -0.3 is 15.2 Å². The van der Waals surface area contributed by atoms with Crippen molar-refractivity contribution < 1.29 is 9.84 Å². The van der Waals surface area contributed by atoms with Gasteiger partial charge in [0.25, 0.3) is 0 Å². The summed E-state index contributed by atoms with van der Waals surface area (Å²) in [7, 11) is 0. The summed E-state index contributed by atoms with van der Waals surface area (Å²) >= 11 is 0. The first kappa shape index (κ1) is 16.0. The van der Waals surface area contributed by atoms with Crippen molar-refractivity contribution in [2.75, 3.05) is 31.7 Å². The molecule has 0 unspecified atom stereocenters. The van der Waals surface area contributed by atoms with Gasteiger partial charge in [0.05, 0.1) is 6.61 Å². The molecule has 0 aliphatic carbocycles. The van der Waals surface area contributed by atoms with Gasteiger partial charge >= 0.3 is 0 Å². The van der Waals surface area contributed by atoms with Crippen LogP contribution in [0.3, 0.4) is 0 Å². The Bertz CT molecular complexity index is 843. The average molecular weight is 339 g/mol. The van der Waals surface area contributed by atoms with Crippen molar-refractivity contribution >= 4 is 17.0 Å². The van der Waals surface area contributed by atoms with Gasteiger partial charge in [-0.25, -0.2) is 15.0 Å². The van der Waals surface area contributed by atoms with E-state index in [0.717, 1.165) is 29.7 Å². The van der Waals surface area contributed by atoms with E-state index >= 15 is 0 Å². The van der Waals surface area contributed by atoms with Crippen LogP contribution < -0.4 is 5.32 Å². The van der Waals surface area contributed by atoms with Gasteiger partial charge in [-0.15, -0.1) is 0 Å². The smallest absolute Gasteiger partial charge is 0.170 e. The van der Waals surface area contributed by atoms with Crippen molar-refractivity contribution in [1.82, 2.24) is 19.5 Å². The fraction of sp³-hybridized carbons (Fsp3) is 0.389. The lowest BCUT2D eigenvalue weighted by Gasteiger charge is -2.35. The lowest BCUT2D eigenvalue weighted by molar-refractivity contribution is -0.00860. The van der Waals surface area contributed by atoms with Gasteiger partial charge in [-0.05, 0) is 25.0 Å². The predicted molar refractivity (Wildman–Crippen MR) is 94.7 cm³/mol. The fourth-order valence-electron chi connectivity index (χ4n) is 3.21. The number of nitrogens with one attached hydrogen (secondary N) is 1. The van der Waals surface area contributed by atoms with Gasteiger partial charge in [0.1, 0.15) is 12.7 Å². The van der Waals surface area contributed by atoms with Crippen molar-refractivity contribution in [3.63, 3.8) is 0 Å². The quantitative estimate of drug-likeness (QED) is 0.740. The van der Waals surface area contributed by atoms with Gasteiger partial charge in [0, 0.05) is 30.9 Å². The zero-order chi connectivity index (χ0) is 17.1. The number of hydrogen-bond donors (Lipinski definition) is 2. The standard InChI is InChI=1S/C18H21N5O2/c24-11-18(6-8-25-9-7-18)10-19-16-15-17(21-12-20-16)23(13-22-15)14-4-2-1-3-5-14/h1-5,12-13,24H,6-11H2,(H,19,20,21). The number of fused-ring (bicyclic) bond motifs is 1. The molecule has 0 atom stereocenters. The highest BCUT2D eigenvalue weighted by atomic mass is 16.5. The van der Waals surface area contributed by atoms with Crippen molar-refractivity contribution in [2.24, 2.45) is 5.41 Å². The van der Waals surface area contributed by atoms with Crippen LogP contribution in [0.15, 0.2) is 43.0 Å². The van der Waals surface area contributed by atoms with Crippen molar-refractivity contribution in [3.8, 4) is 5.69 Å². The summed E-state index contributed by atoms with van der Waals surface area (Å²) in [6, 6.07) is 9.97. The van der Waals surface area contributed by atoms with Crippen LogP contribution in [0.5, 0.6) is 0 Å². The Morgan fingerprint density at radius 3 is 2.68 bits per heavy atom. The lowest BCUT2D eigenvalue weighted by atomic mass is 9.81. The van der Waals surface area contributed by atoms with Crippen LogP contribution in [0.1, 0.15) is 12.8 Å². The lowest BCUT2D eigenvalue weighted by Crippen LogP contribution is -2.39. The first-order valence-electron chi connectivity index (χ1n) is 8.47. The molecule has 3 heterocycles. The molecule has 1 fully saturated rings. The number of para-hydroxylation sites is 1. The summed E-state index contributed by atoms with van der Waals surface area (Å²) in [5.74, 6) is 0.694. The van der Waals surface area contributed by atoms with Crippen LogP contribution >= 0.6 is 0 Å². The highest BCUT2D eigenvalue weighted by Crippen LogP contribution is 2.31. The number of rotatable bonds is 5. The summed E-state index contributed by atoms with van der Waals surface area (Å²) < 4.78 is 7.36. The van der Waals surface area contributed by atoms with Crippen LogP contribution in [-0.2, 0) is 4.74 Å². The number of hydrogen-bond acceptors (Lipinski definition) is 6. The van der Waals surface area contributed by atoms with Crippen molar-refractivity contribution in [1.29, 1.82) is 0 Å². The number of imidazole rings is 1. The molecule has 1 aliphatic rings. The second-order valence-corrected chi connectivity index (χ2v) is 6.47. The predicted octanol–water partition coefficient (Wildman–Crippen LogP) is 2.02. The molecule has 0 bridgehead atoms. The number of ether oxygens (including phenoxy) is 1. The van der Waals surface area contributed by atoms with E-state index in [2.05, 4.69) is 20.3 Å². The molecule has 0 spiro atoms. The zero-order valence-corrected chi connectivity index (χ0v) is 13.9. The Kier molecular flexibility index (Phi) is 4.33. The summed E-state index contributed by atoms with van der Waals surface area (Å²) in [5.41, 5.74) is 2.32. The van der Waals surface area contributed by atoms with Gasteiger partial charge in [0.2, 0.25) is 0 Å². The molecule has 130 valence electrons. The Labute approximate surface area is 145 Å². The zero-order valence-electron chi connectivity index (χ0n) is 13.9. The maximum atomic E-state index is 9.84. The van der Waals surface area contributed by atoms with Crippen LogP contribution in [0, 0.1) is 5.41 Å². The monoisotopic (exact) mass is 339 g/mol. The highest BCUT2D eigenvalue weighted by molar-refractivity contribution is 5.83. The summed E-state index contributed by atoms with van der Waals surface area (Å²) in [6.07, 6.45) is 4.98. The van der Waals surface area contributed by atoms with E-state index in [1.54, 1.807) is 12.7 Å². The molecule has 4 rings (SSSR count). The molecule has 1 aromatic carbocycles. The molecule has 2 N–H and O–H groups in total. The molecule has 0 saturated carbocycles. The Balaban J connectivity index is 1.61. The fourth-order valence-corrected chi connectivity index (χ4v) is 3.21. The van der Waals surface area contributed by atoms with Crippen LogP contribution in [-0.4, -0.2) is 51.0 Å². The molecule has 2 aromatic heterocycles. The number of aliphatic hydroxyl groups is 1. The van der Waals surface area contributed by atoms with E-state index in [1.807, 2.05) is 34.9 Å². The number of anilines is 1. The Morgan fingerprint density at radius 2 is 1.92 bits per heavy atom. The summed E-state index contributed by atoms with van der Waals surface area (Å²) in [4.78, 5) is 13.2. The first-order valence-corrected chi connectivity index (χ1v) is 8.47. The number of nitrogens with zero attached hydrogens (tertiary/aromatic N) is 4. The van der Waals surface area contributed by atoms with Gasteiger partial charge in [-0.3, -0.25) is 4.57 Å². The number of benzene rings is 1. The summed E-state index contributed by atoms with van der Waals surface area (Å²) in [6.45, 7) is 2.14. The Morgan fingerprint density at radius 1 is 1.12 bits per heavy atom. The van der Waals surface area contributed by atoms with Gasteiger partial charge in [0.15, 0.2) is 17.0 Å². The molecule has 0 radical (unpaired) electrons. The average Bonchev–Trinajstić information content (AvgIpc) is 3.12. The second-order valence-electron chi connectivity index (χ2n) is 6.47. The first-order chi connectivity index (χ1) is 12.3. The van der Waals surface area contributed by atoms with E-state index in [4.69, 9.17) is 4.74 Å². The SMILES string of the molecule is OCC1(CNc2ncnc3c2ncn3-c2ccccc2)CCOCC1. The van der Waals surface area contributed by atoms with Crippen molar-refractivity contribution in [3.05, 3.63) is 43.0 Å². The molecule has 7 heteroatoms. The number of aliphatic hydroxyl groups excluding tert-OH is 1. The minimum atomic E-state index is -0.169. The van der Waals surface area contributed by atoms with Gasteiger partial charge in [-0.2, -0.15) is 0 Å². The number of aromatic nitrogens is 4. The molecule has 1 aliphatic heterocycles. The van der Waals surface area contributed by atoms with Gasteiger partial charge in [-0.1, -0.05) is 18.2 Å². The van der Waals surface area contributed by atoms with Crippen LogP contribution in [0.25, 0.3) is 16.9 Å². The second kappa shape index (κ2) is 6.78. The van der Waals surface area contributed by atoms with E-state index in [9.17, 15) is 5.11 Å². The minimum absolute atomic E-state index is 0.135. The van der Waals surface area contributed by atoms with Crippen molar-refractivity contribution in [2.45, 2.75) is 12.8 Å². The normalized spacial score (nSPS) is 16.8. The molecule has 0 amide bonds. The third kappa shape index (κ3) is 3.08. The van der Waals surface area contributed by atoms with E-state index in [1.165, 1.54) is 0 Å². The highest BCUT2D eigenvalue weighted by Gasteiger charge is 2.32. The van der Waals surface area contributed by atoms with E-state index in [-0.39, 0.29) is 12.0 Å². The van der Waals surface area contributed by atoms with E-state index < -0.39 is 0 Å². The maximum Gasteiger partial charge on any atom is 0.170 e.